The highest BCUT2D eigenvalue weighted by molar-refractivity contribution is 5.93. The van der Waals surface area contributed by atoms with Crippen molar-refractivity contribution in [2.75, 3.05) is 13.2 Å². The Morgan fingerprint density at radius 2 is 1.21 bits per heavy atom. The summed E-state index contributed by atoms with van der Waals surface area (Å²) >= 11 is 0. The molecule has 124 valence electrons. The summed E-state index contributed by atoms with van der Waals surface area (Å²) in [5.74, 6) is -1.85. The van der Waals surface area contributed by atoms with E-state index in [4.69, 9.17) is 9.47 Å². The van der Waals surface area contributed by atoms with E-state index in [1.54, 1.807) is 38.1 Å². The number of carbonyl (C=O) groups excluding carboxylic acids is 3. The summed E-state index contributed by atoms with van der Waals surface area (Å²) in [6.07, 6.45) is 2.74. The van der Waals surface area contributed by atoms with Crippen molar-refractivity contribution in [2.45, 2.75) is 13.8 Å². The lowest BCUT2D eigenvalue weighted by Crippen LogP contribution is -2.20. The average molecular weight is 328 g/mol. The topological polar surface area (TPSA) is 95.5 Å². The maximum absolute atomic E-state index is 11.7. The number of pyridine rings is 2. The average Bonchev–Trinajstić information content (AvgIpc) is 2.58. The molecule has 0 N–H and O–H groups in total. The number of hydrogen-bond donors (Lipinski definition) is 0. The van der Waals surface area contributed by atoms with Crippen LogP contribution >= 0.6 is 0 Å². The van der Waals surface area contributed by atoms with Gasteiger partial charge in [0.1, 0.15) is 0 Å². The molecule has 0 fully saturated rings. The normalized spacial score (nSPS) is 10.1. The van der Waals surface area contributed by atoms with Gasteiger partial charge in [-0.15, -0.1) is 0 Å². The molecule has 0 aromatic carbocycles. The molecule has 0 atom stereocenters. The molecule has 2 aromatic heterocycles. The largest absolute Gasteiger partial charge is 0.454 e. The van der Waals surface area contributed by atoms with Gasteiger partial charge in [-0.3, -0.25) is 14.8 Å². The molecular weight excluding hydrogens is 312 g/mol. The van der Waals surface area contributed by atoms with Crippen molar-refractivity contribution in [1.29, 1.82) is 0 Å². The fourth-order valence-electron chi connectivity index (χ4n) is 1.68. The van der Waals surface area contributed by atoms with E-state index in [2.05, 4.69) is 9.97 Å². The van der Waals surface area contributed by atoms with Crippen LogP contribution in [0.2, 0.25) is 0 Å². The summed E-state index contributed by atoms with van der Waals surface area (Å²) in [5, 5.41) is 0. The van der Waals surface area contributed by atoms with Crippen molar-refractivity contribution in [3.63, 3.8) is 0 Å². The third-order valence-electron chi connectivity index (χ3n) is 3.02. The summed E-state index contributed by atoms with van der Waals surface area (Å²) in [5.41, 5.74) is 2.02. The summed E-state index contributed by atoms with van der Waals surface area (Å²) < 4.78 is 9.70. The molecule has 0 aliphatic rings. The highest BCUT2D eigenvalue weighted by Gasteiger charge is 2.13. The van der Waals surface area contributed by atoms with Crippen LogP contribution in [0.25, 0.3) is 0 Å². The fraction of sp³-hybridized carbons (Fsp3) is 0.235. The third-order valence-corrected chi connectivity index (χ3v) is 3.02. The molecule has 7 nitrogen and oxygen atoms in total. The van der Waals surface area contributed by atoms with E-state index in [0.29, 0.717) is 0 Å². The van der Waals surface area contributed by atoms with E-state index in [1.165, 1.54) is 12.4 Å². The van der Waals surface area contributed by atoms with Gasteiger partial charge in [0.15, 0.2) is 13.2 Å². The van der Waals surface area contributed by atoms with Crippen LogP contribution < -0.4 is 0 Å². The molecule has 0 amide bonds. The second kappa shape index (κ2) is 7.96. The predicted octanol–water partition coefficient (Wildman–Crippen LogP) is 1.68. The number of carbonyl (C=O) groups is 3. The zero-order valence-electron chi connectivity index (χ0n) is 13.3. The lowest BCUT2D eigenvalue weighted by atomic mass is 10.2. The van der Waals surface area contributed by atoms with Crippen LogP contribution in [0, 0.1) is 13.8 Å². The van der Waals surface area contributed by atoms with Gasteiger partial charge in [-0.1, -0.05) is 0 Å². The first-order chi connectivity index (χ1) is 11.5. The maximum atomic E-state index is 11.7. The molecule has 0 bridgehead atoms. The van der Waals surface area contributed by atoms with E-state index in [1.807, 2.05) is 0 Å². The zero-order chi connectivity index (χ0) is 17.5. The highest BCUT2D eigenvalue weighted by Crippen LogP contribution is 2.03. The van der Waals surface area contributed by atoms with Gasteiger partial charge < -0.3 is 9.47 Å². The SMILES string of the molecule is Cc1ccc(C(=O)OCC(=O)COC(=O)c2ccc(C)nc2)cn1. The number of aromatic nitrogens is 2. The number of ether oxygens (including phenoxy) is 2. The second-order valence-corrected chi connectivity index (χ2v) is 5.07. The lowest BCUT2D eigenvalue weighted by Gasteiger charge is -2.06. The van der Waals surface area contributed by atoms with Gasteiger partial charge in [0.25, 0.3) is 0 Å². The van der Waals surface area contributed by atoms with E-state index in [9.17, 15) is 14.4 Å². The Hall–Kier alpha value is -3.09. The molecule has 2 aromatic rings. The first kappa shape index (κ1) is 17.3. The van der Waals surface area contributed by atoms with Gasteiger partial charge in [-0.25, -0.2) is 9.59 Å². The number of rotatable bonds is 6. The molecule has 0 spiro atoms. The van der Waals surface area contributed by atoms with Gasteiger partial charge in [-0.05, 0) is 38.1 Å². The summed E-state index contributed by atoms with van der Waals surface area (Å²) in [4.78, 5) is 43.0. The smallest absolute Gasteiger partial charge is 0.340 e. The molecule has 7 heteroatoms. The third kappa shape index (κ3) is 4.98. The Morgan fingerprint density at radius 1 is 0.792 bits per heavy atom. The molecule has 0 saturated carbocycles. The summed E-state index contributed by atoms with van der Waals surface area (Å²) in [7, 11) is 0. The van der Waals surface area contributed by atoms with Crippen LogP contribution in [0.1, 0.15) is 32.1 Å². The van der Waals surface area contributed by atoms with E-state index in [-0.39, 0.29) is 11.1 Å². The molecule has 0 radical (unpaired) electrons. The fourth-order valence-corrected chi connectivity index (χ4v) is 1.68. The molecule has 0 unspecified atom stereocenters. The highest BCUT2D eigenvalue weighted by atomic mass is 16.6. The molecule has 0 aliphatic heterocycles. The first-order valence-electron chi connectivity index (χ1n) is 7.17. The van der Waals surface area contributed by atoms with Crippen LogP contribution in [0.3, 0.4) is 0 Å². The zero-order valence-corrected chi connectivity index (χ0v) is 13.3. The molecule has 0 saturated heterocycles. The number of aryl methyl sites for hydroxylation is 2. The van der Waals surface area contributed by atoms with E-state index < -0.39 is 30.9 Å². The predicted molar refractivity (Wildman–Crippen MR) is 83.5 cm³/mol. The number of esters is 2. The Labute approximate surface area is 138 Å². The quantitative estimate of drug-likeness (QED) is 0.744. The maximum Gasteiger partial charge on any atom is 0.340 e. The summed E-state index contributed by atoms with van der Waals surface area (Å²) in [6, 6.07) is 6.44. The van der Waals surface area contributed by atoms with Crippen LogP contribution in [0.15, 0.2) is 36.7 Å². The van der Waals surface area contributed by atoms with Gasteiger partial charge in [0.2, 0.25) is 5.78 Å². The molecule has 2 heterocycles. The molecular formula is C17H16N2O5. The first-order valence-corrected chi connectivity index (χ1v) is 7.17. The van der Waals surface area contributed by atoms with Crippen molar-refractivity contribution in [1.82, 2.24) is 9.97 Å². The van der Waals surface area contributed by atoms with Crippen LogP contribution in [-0.4, -0.2) is 40.9 Å². The summed E-state index contributed by atoms with van der Waals surface area (Å²) in [6.45, 7) is 2.62. The van der Waals surface area contributed by atoms with Gasteiger partial charge in [0, 0.05) is 23.8 Å². The minimum absolute atomic E-state index is 0.246. The molecule has 2 rings (SSSR count). The van der Waals surface area contributed by atoms with Crippen molar-refractivity contribution >= 4 is 17.7 Å². The van der Waals surface area contributed by atoms with Crippen molar-refractivity contribution in [3.05, 3.63) is 59.2 Å². The Morgan fingerprint density at radius 3 is 1.54 bits per heavy atom. The van der Waals surface area contributed by atoms with Crippen LogP contribution in [0.5, 0.6) is 0 Å². The van der Waals surface area contributed by atoms with Gasteiger partial charge in [-0.2, -0.15) is 0 Å². The number of Topliss-reactive ketones (excluding diaryl/α,β-unsaturated/α-hetero) is 1. The van der Waals surface area contributed by atoms with Gasteiger partial charge in [0.05, 0.1) is 11.1 Å². The molecule has 0 aliphatic carbocycles. The van der Waals surface area contributed by atoms with Crippen molar-refractivity contribution in [2.24, 2.45) is 0 Å². The minimum atomic E-state index is -0.662. The van der Waals surface area contributed by atoms with Crippen molar-refractivity contribution < 1.29 is 23.9 Å². The Bertz CT molecular complexity index is 675. The van der Waals surface area contributed by atoms with E-state index >= 15 is 0 Å². The van der Waals surface area contributed by atoms with Crippen molar-refractivity contribution in [3.8, 4) is 0 Å². The Kier molecular flexibility index (Phi) is 5.73. The lowest BCUT2D eigenvalue weighted by molar-refractivity contribution is -0.125. The Balaban J connectivity index is 1.77. The number of nitrogens with zero attached hydrogens (tertiary/aromatic N) is 2. The minimum Gasteiger partial charge on any atom is -0.454 e. The van der Waals surface area contributed by atoms with Gasteiger partial charge >= 0.3 is 11.9 Å². The van der Waals surface area contributed by atoms with E-state index in [0.717, 1.165) is 11.4 Å². The van der Waals surface area contributed by atoms with Crippen LogP contribution in [-0.2, 0) is 14.3 Å². The monoisotopic (exact) mass is 328 g/mol. The number of hydrogen-bond acceptors (Lipinski definition) is 7. The van der Waals surface area contributed by atoms with Crippen LogP contribution in [0.4, 0.5) is 0 Å². The second-order valence-electron chi connectivity index (χ2n) is 5.07. The standard InChI is InChI=1S/C17H16N2O5/c1-11-3-5-13(7-18-11)16(21)23-9-15(20)10-24-17(22)14-6-4-12(2)19-8-14/h3-8H,9-10H2,1-2H3. The number of ketones is 1. The molecule has 24 heavy (non-hydrogen) atoms.